The van der Waals surface area contributed by atoms with E-state index in [-0.39, 0.29) is 18.2 Å². The quantitative estimate of drug-likeness (QED) is 0.234. The minimum Gasteiger partial charge on any atom is -0.326 e. The summed E-state index contributed by atoms with van der Waals surface area (Å²) in [4.78, 5) is 26.7. The van der Waals surface area contributed by atoms with Crippen molar-refractivity contribution in [2.75, 3.05) is 10.6 Å². The third kappa shape index (κ3) is 7.12. The normalized spacial score (nSPS) is 11.5. The van der Waals surface area contributed by atoms with Gasteiger partial charge < -0.3 is 10.6 Å². The molecule has 4 aromatic carbocycles. The summed E-state index contributed by atoms with van der Waals surface area (Å²) in [5.41, 5.74) is 2.95. The van der Waals surface area contributed by atoms with Gasteiger partial charge in [0.15, 0.2) is 0 Å². The molecule has 0 aromatic heterocycles. The van der Waals surface area contributed by atoms with Crippen molar-refractivity contribution in [1.82, 2.24) is 0 Å². The van der Waals surface area contributed by atoms with Gasteiger partial charge in [-0.05, 0) is 47.5 Å². The molecule has 176 valence electrons. The predicted octanol–water partition coefficient (Wildman–Crippen LogP) is 7.65. The van der Waals surface area contributed by atoms with Crippen LogP contribution in [0.1, 0.15) is 16.4 Å². The minimum atomic E-state index is -0.543. The average Bonchev–Trinajstić information content (AvgIpc) is 2.85. The lowest BCUT2D eigenvalue weighted by Crippen LogP contribution is -2.19. The Morgan fingerprint density at radius 2 is 1.49 bits per heavy atom. The summed E-state index contributed by atoms with van der Waals surface area (Å²) < 4.78 is 0. The number of hydrogen-bond donors (Lipinski definition) is 2. The summed E-state index contributed by atoms with van der Waals surface area (Å²) in [6.07, 6.45) is 0.287. The Morgan fingerprint density at radius 3 is 2.20 bits per heavy atom. The zero-order valence-corrected chi connectivity index (χ0v) is 20.9. The maximum atomic E-state index is 13.3. The molecular formula is C28H22Cl2N2O2S. The van der Waals surface area contributed by atoms with E-state index in [9.17, 15) is 9.59 Å². The standard InChI is InChI=1S/C28H22Cl2N2O2S/c29-21-14-15-25(24(30)17-21)32-28(34)27(20-10-5-2-6-11-20)35-23-13-7-12-22(18-23)31-26(33)16-19-8-3-1-4-9-19/h1-15,17-18,27H,16H2,(H,31,33)(H,32,34). The number of rotatable bonds is 8. The molecule has 4 nitrogen and oxygen atoms in total. The fourth-order valence-corrected chi connectivity index (χ4v) is 5.00. The molecule has 1 atom stereocenters. The maximum Gasteiger partial charge on any atom is 0.242 e. The minimum absolute atomic E-state index is 0.104. The Hall–Kier alpha value is -3.25. The van der Waals surface area contributed by atoms with E-state index < -0.39 is 5.25 Å². The van der Waals surface area contributed by atoms with Crippen molar-refractivity contribution in [3.8, 4) is 0 Å². The number of carbonyl (C=O) groups is 2. The van der Waals surface area contributed by atoms with Crippen LogP contribution in [0, 0.1) is 0 Å². The highest BCUT2D eigenvalue weighted by molar-refractivity contribution is 8.00. The lowest BCUT2D eigenvalue weighted by atomic mass is 10.1. The highest BCUT2D eigenvalue weighted by Gasteiger charge is 2.23. The number of nitrogens with one attached hydrogen (secondary N) is 2. The van der Waals surface area contributed by atoms with Gasteiger partial charge in [0, 0.05) is 15.6 Å². The number of hydrogen-bond acceptors (Lipinski definition) is 3. The second kappa shape index (κ2) is 11.9. The summed E-state index contributed by atoms with van der Waals surface area (Å²) in [5, 5.41) is 6.17. The second-order valence-corrected chi connectivity index (χ2v) is 9.78. The van der Waals surface area contributed by atoms with Crippen LogP contribution >= 0.6 is 35.0 Å². The Bertz CT molecular complexity index is 1320. The molecule has 0 bridgehead atoms. The van der Waals surface area contributed by atoms with E-state index in [4.69, 9.17) is 23.2 Å². The molecule has 0 fully saturated rings. The van der Waals surface area contributed by atoms with Crippen molar-refractivity contribution in [2.24, 2.45) is 0 Å². The van der Waals surface area contributed by atoms with Crippen LogP contribution in [0.15, 0.2) is 108 Å². The van der Waals surface area contributed by atoms with Crippen LogP contribution < -0.4 is 10.6 Å². The molecule has 0 aliphatic rings. The molecule has 0 spiro atoms. The van der Waals surface area contributed by atoms with Gasteiger partial charge in [-0.2, -0.15) is 0 Å². The molecule has 7 heteroatoms. The van der Waals surface area contributed by atoms with Crippen LogP contribution in [-0.2, 0) is 16.0 Å². The third-order valence-corrected chi connectivity index (χ3v) is 6.90. The first-order chi connectivity index (χ1) is 17.0. The van der Waals surface area contributed by atoms with Crippen molar-refractivity contribution in [3.05, 3.63) is 124 Å². The Balaban J connectivity index is 1.51. The lowest BCUT2D eigenvalue weighted by molar-refractivity contribution is -0.116. The monoisotopic (exact) mass is 520 g/mol. The van der Waals surface area contributed by atoms with Gasteiger partial charge in [0.25, 0.3) is 0 Å². The van der Waals surface area contributed by atoms with Crippen molar-refractivity contribution in [1.29, 1.82) is 0 Å². The van der Waals surface area contributed by atoms with Crippen molar-refractivity contribution >= 4 is 58.2 Å². The molecule has 4 aromatic rings. The molecule has 0 aliphatic carbocycles. The van der Waals surface area contributed by atoms with Gasteiger partial charge in [-0.25, -0.2) is 0 Å². The van der Waals surface area contributed by atoms with Crippen molar-refractivity contribution in [3.63, 3.8) is 0 Å². The van der Waals surface area contributed by atoms with Gasteiger partial charge in [-0.15, -0.1) is 11.8 Å². The zero-order chi connectivity index (χ0) is 24.6. The third-order valence-electron chi connectivity index (χ3n) is 5.11. The summed E-state index contributed by atoms with van der Waals surface area (Å²) in [7, 11) is 0. The van der Waals surface area contributed by atoms with E-state index in [0.29, 0.717) is 21.4 Å². The zero-order valence-electron chi connectivity index (χ0n) is 18.6. The number of anilines is 2. The summed E-state index contributed by atoms with van der Waals surface area (Å²) in [6, 6.07) is 31.5. The van der Waals surface area contributed by atoms with Crippen molar-refractivity contribution in [2.45, 2.75) is 16.6 Å². The summed E-state index contributed by atoms with van der Waals surface area (Å²) in [5.74, 6) is -0.322. The molecular weight excluding hydrogens is 499 g/mol. The molecule has 2 N–H and O–H groups in total. The first kappa shape index (κ1) is 24.9. The van der Waals surface area contributed by atoms with Gasteiger partial charge in [-0.3, -0.25) is 9.59 Å². The fourth-order valence-electron chi connectivity index (χ4n) is 3.46. The highest BCUT2D eigenvalue weighted by atomic mass is 35.5. The van der Waals surface area contributed by atoms with Gasteiger partial charge in [-0.1, -0.05) is 89.9 Å². The Kier molecular flexibility index (Phi) is 8.48. The second-order valence-electron chi connectivity index (χ2n) is 7.76. The Labute approximate surface area is 218 Å². The molecule has 35 heavy (non-hydrogen) atoms. The van der Waals surface area contributed by atoms with Crippen LogP contribution in [0.4, 0.5) is 11.4 Å². The van der Waals surface area contributed by atoms with Crippen molar-refractivity contribution < 1.29 is 9.59 Å². The first-order valence-corrected chi connectivity index (χ1v) is 12.5. The average molecular weight is 521 g/mol. The van der Waals surface area contributed by atoms with E-state index >= 15 is 0 Å². The van der Waals surface area contributed by atoms with E-state index in [2.05, 4.69) is 10.6 Å². The number of benzene rings is 4. The van der Waals surface area contributed by atoms with E-state index in [1.807, 2.05) is 84.9 Å². The number of amides is 2. The molecule has 0 saturated heterocycles. The Morgan fingerprint density at radius 1 is 0.771 bits per heavy atom. The number of halogens is 2. The number of thioether (sulfide) groups is 1. The van der Waals surface area contributed by atoms with Gasteiger partial charge in [0.2, 0.25) is 11.8 Å². The highest BCUT2D eigenvalue weighted by Crippen LogP contribution is 2.38. The summed E-state index contributed by atoms with van der Waals surface area (Å²) in [6.45, 7) is 0. The van der Waals surface area contributed by atoms with Gasteiger partial charge >= 0.3 is 0 Å². The molecule has 1 unspecified atom stereocenters. The molecule has 4 rings (SSSR count). The molecule has 0 aliphatic heterocycles. The maximum absolute atomic E-state index is 13.3. The van der Waals surface area contributed by atoms with Crippen LogP contribution in [0.5, 0.6) is 0 Å². The van der Waals surface area contributed by atoms with E-state index in [1.165, 1.54) is 11.8 Å². The van der Waals surface area contributed by atoms with Gasteiger partial charge in [0.1, 0.15) is 5.25 Å². The molecule has 0 heterocycles. The molecule has 0 radical (unpaired) electrons. The number of carbonyl (C=O) groups excluding carboxylic acids is 2. The SMILES string of the molecule is O=C(Cc1ccccc1)Nc1cccc(SC(C(=O)Nc2ccc(Cl)cc2Cl)c2ccccc2)c1. The summed E-state index contributed by atoms with van der Waals surface area (Å²) >= 11 is 13.6. The van der Waals surface area contributed by atoms with Gasteiger partial charge in [0.05, 0.1) is 17.1 Å². The molecule has 0 saturated carbocycles. The van der Waals surface area contributed by atoms with Crippen LogP contribution in [0.25, 0.3) is 0 Å². The largest absolute Gasteiger partial charge is 0.326 e. The van der Waals surface area contributed by atoms with Crippen LogP contribution in [-0.4, -0.2) is 11.8 Å². The fraction of sp³-hybridized carbons (Fsp3) is 0.0714. The van der Waals surface area contributed by atoms with Crippen LogP contribution in [0.3, 0.4) is 0 Å². The van der Waals surface area contributed by atoms with E-state index in [0.717, 1.165) is 16.0 Å². The predicted molar refractivity (Wildman–Crippen MR) is 145 cm³/mol. The first-order valence-electron chi connectivity index (χ1n) is 10.9. The topological polar surface area (TPSA) is 58.2 Å². The molecule has 2 amide bonds. The smallest absolute Gasteiger partial charge is 0.242 e. The lowest BCUT2D eigenvalue weighted by Gasteiger charge is -2.18. The van der Waals surface area contributed by atoms with E-state index in [1.54, 1.807) is 18.2 Å². The van der Waals surface area contributed by atoms with Crippen LogP contribution in [0.2, 0.25) is 10.0 Å².